The first-order valence-corrected chi connectivity index (χ1v) is 12.3. The largest absolute Gasteiger partial charge is 0.481 e. The minimum Gasteiger partial charge on any atom is -0.481 e. The number of carbonyl (C=O) groups is 2. The van der Waals surface area contributed by atoms with E-state index in [1.54, 1.807) is 37.0 Å². The van der Waals surface area contributed by atoms with E-state index in [4.69, 9.17) is 9.72 Å². The third kappa shape index (κ3) is 5.24. The lowest BCUT2D eigenvalue weighted by molar-refractivity contribution is -0.145. The zero-order chi connectivity index (χ0) is 25.0. The van der Waals surface area contributed by atoms with E-state index >= 15 is 0 Å². The molecule has 0 radical (unpaired) electrons. The van der Waals surface area contributed by atoms with Crippen LogP contribution in [-0.4, -0.2) is 50.4 Å². The second-order valence-electron chi connectivity index (χ2n) is 9.82. The molecule has 9 nitrogen and oxygen atoms in total. The van der Waals surface area contributed by atoms with Gasteiger partial charge in [-0.25, -0.2) is 4.98 Å². The lowest BCUT2D eigenvalue weighted by Gasteiger charge is -2.28. The molecule has 2 atom stereocenters. The molecule has 3 N–H and O–H groups in total. The van der Waals surface area contributed by atoms with Crippen molar-refractivity contribution in [2.45, 2.75) is 63.3 Å². The van der Waals surface area contributed by atoms with E-state index in [2.05, 4.69) is 15.4 Å². The molecule has 1 saturated carbocycles. The van der Waals surface area contributed by atoms with Gasteiger partial charge in [-0.3, -0.25) is 14.3 Å². The molecule has 0 saturated heterocycles. The van der Waals surface area contributed by atoms with Crippen molar-refractivity contribution in [3.63, 3.8) is 0 Å². The highest BCUT2D eigenvalue weighted by molar-refractivity contribution is 5.92. The second kappa shape index (κ2) is 10.6. The molecule has 1 amide bonds. The van der Waals surface area contributed by atoms with Crippen molar-refractivity contribution in [1.82, 2.24) is 25.1 Å². The number of aromatic nitrogens is 4. The second-order valence-corrected chi connectivity index (χ2v) is 9.82. The zero-order valence-corrected chi connectivity index (χ0v) is 20.7. The normalized spacial score (nSPS) is 17.9. The third-order valence-corrected chi connectivity index (χ3v) is 7.30. The van der Waals surface area contributed by atoms with Crippen LogP contribution in [0.4, 0.5) is 0 Å². The number of H-pyrrole nitrogens is 1. The number of fused-ring (bicyclic) bond motifs is 1. The van der Waals surface area contributed by atoms with Crippen molar-refractivity contribution in [2.75, 3.05) is 13.7 Å². The number of carboxylic acids is 1. The van der Waals surface area contributed by atoms with Crippen LogP contribution < -0.4 is 5.32 Å². The van der Waals surface area contributed by atoms with Gasteiger partial charge in [0.25, 0.3) is 5.91 Å². The van der Waals surface area contributed by atoms with Crippen molar-refractivity contribution in [3.05, 3.63) is 47.5 Å². The number of rotatable bonds is 8. The number of amides is 1. The van der Waals surface area contributed by atoms with Gasteiger partial charge in [0, 0.05) is 20.4 Å². The van der Waals surface area contributed by atoms with Crippen molar-refractivity contribution in [1.29, 1.82) is 0 Å². The molecule has 1 aliphatic carbocycles. The number of benzene rings is 1. The van der Waals surface area contributed by atoms with E-state index in [0.717, 1.165) is 36.7 Å². The number of aliphatic carboxylic acids is 1. The molecule has 2 heterocycles. The van der Waals surface area contributed by atoms with E-state index in [1.807, 2.05) is 12.1 Å². The molecule has 2 aromatic heterocycles. The number of carboxylic acid groups (broad SMARTS) is 1. The molecule has 1 fully saturated rings. The van der Waals surface area contributed by atoms with Gasteiger partial charge in [0.1, 0.15) is 16.9 Å². The average molecular weight is 482 g/mol. The Bertz CT molecular complexity index is 1180. The van der Waals surface area contributed by atoms with Crippen LogP contribution in [0.25, 0.3) is 11.0 Å². The first-order chi connectivity index (χ1) is 16.8. The third-order valence-electron chi connectivity index (χ3n) is 7.30. The Labute approximate surface area is 205 Å². The highest BCUT2D eigenvalue weighted by Gasteiger charge is 2.36. The number of imidazole rings is 1. The first-order valence-electron chi connectivity index (χ1n) is 12.3. The van der Waals surface area contributed by atoms with Crippen LogP contribution in [0.1, 0.15) is 79.8 Å². The topological polar surface area (TPSA) is 122 Å². The monoisotopic (exact) mass is 481 g/mol. The lowest BCUT2D eigenvalue weighted by Crippen LogP contribution is -2.37. The van der Waals surface area contributed by atoms with E-state index in [9.17, 15) is 14.7 Å². The number of methoxy groups -OCH3 is 1. The van der Waals surface area contributed by atoms with Crippen LogP contribution in [0, 0.1) is 5.92 Å². The number of aromatic amines is 1. The molecular weight excluding hydrogens is 446 g/mol. The van der Waals surface area contributed by atoms with Crippen LogP contribution in [0.5, 0.6) is 0 Å². The van der Waals surface area contributed by atoms with Crippen LogP contribution in [0.2, 0.25) is 0 Å². The van der Waals surface area contributed by atoms with Crippen molar-refractivity contribution in [3.8, 4) is 0 Å². The predicted octanol–water partition coefficient (Wildman–Crippen LogP) is 4.12. The smallest absolute Gasteiger partial charge is 0.316 e. The average Bonchev–Trinajstić information content (AvgIpc) is 3.43. The predicted molar refractivity (Wildman–Crippen MR) is 132 cm³/mol. The maximum absolute atomic E-state index is 13.2. The summed E-state index contributed by atoms with van der Waals surface area (Å²) in [6, 6.07) is 6.88. The Morgan fingerprint density at radius 2 is 1.94 bits per heavy atom. The van der Waals surface area contributed by atoms with Gasteiger partial charge in [-0.05, 0) is 49.4 Å². The van der Waals surface area contributed by atoms with Crippen molar-refractivity contribution >= 4 is 22.9 Å². The van der Waals surface area contributed by atoms with Gasteiger partial charge in [0.15, 0.2) is 0 Å². The summed E-state index contributed by atoms with van der Waals surface area (Å²) in [5, 5.41) is 17.2. The number of ether oxygens (including phenoxy) is 1. The summed E-state index contributed by atoms with van der Waals surface area (Å²) >= 11 is 0. The van der Waals surface area contributed by atoms with Gasteiger partial charge < -0.3 is 20.1 Å². The fraction of sp³-hybridized carbons (Fsp3) is 0.538. The first kappa shape index (κ1) is 24.9. The lowest BCUT2D eigenvalue weighted by atomic mass is 9.83. The summed E-state index contributed by atoms with van der Waals surface area (Å²) in [6.45, 7) is 1.71. The number of aryl methyl sites for hydroxylation is 1. The van der Waals surface area contributed by atoms with Crippen LogP contribution >= 0.6 is 0 Å². The molecule has 0 bridgehead atoms. The number of hydrogen-bond acceptors (Lipinski definition) is 5. The molecule has 1 aliphatic rings. The molecular formula is C26H35N5O4. The zero-order valence-electron chi connectivity index (χ0n) is 20.7. The van der Waals surface area contributed by atoms with Gasteiger partial charge in [-0.15, -0.1) is 0 Å². The molecule has 35 heavy (non-hydrogen) atoms. The number of nitrogens with one attached hydrogen (secondary N) is 2. The molecule has 1 aromatic carbocycles. The van der Waals surface area contributed by atoms with Gasteiger partial charge in [0.2, 0.25) is 0 Å². The summed E-state index contributed by atoms with van der Waals surface area (Å²) in [5.41, 5.74) is 1.43. The van der Waals surface area contributed by atoms with Crippen molar-refractivity contribution < 1.29 is 19.4 Å². The van der Waals surface area contributed by atoms with Crippen LogP contribution in [0.15, 0.2) is 30.5 Å². The number of hydrogen-bond donors (Lipinski definition) is 3. The summed E-state index contributed by atoms with van der Waals surface area (Å²) < 4.78 is 6.77. The fourth-order valence-corrected chi connectivity index (χ4v) is 5.12. The quantitative estimate of drug-likeness (QED) is 0.445. The van der Waals surface area contributed by atoms with Gasteiger partial charge in [0.05, 0.1) is 23.7 Å². The molecule has 9 heteroatoms. The summed E-state index contributed by atoms with van der Waals surface area (Å²) in [5.74, 6) is -0.182. The highest BCUT2D eigenvalue weighted by Crippen LogP contribution is 2.34. The van der Waals surface area contributed by atoms with Gasteiger partial charge >= 0.3 is 5.97 Å². The van der Waals surface area contributed by atoms with E-state index < -0.39 is 11.4 Å². The van der Waals surface area contributed by atoms with Crippen LogP contribution in [-0.2, 0) is 22.0 Å². The Hall–Kier alpha value is -3.20. The molecule has 0 spiro atoms. The van der Waals surface area contributed by atoms with Gasteiger partial charge in [-0.1, -0.05) is 38.2 Å². The molecule has 3 aromatic rings. The molecule has 1 unspecified atom stereocenters. The maximum Gasteiger partial charge on any atom is 0.316 e. The van der Waals surface area contributed by atoms with E-state index in [-0.39, 0.29) is 24.5 Å². The Kier molecular flexibility index (Phi) is 7.54. The van der Waals surface area contributed by atoms with E-state index in [0.29, 0.717) is 17.1 Å². The standard InChI is InChI=1S/C26H35N5O4/c1-26(16-35-3,25(33)34)18-11-12-19-20(15-18)29-23(28-19)22(17-9-7-5-4-6-8-10-17)30-24(32)21-13-14-27-31(21)2/h11-15,17,22H,4-10,16H2,1-3H3,(H,28,29)(H,30,32)(H,33,34)/t22-,26?/m0/s1. The highest BCUT2D eigenvalue weighted by atomic mass is 16.5. The summed E-state index contributed by atoms with van der Waals surface area (Å²) in [7, 11) is 3.25. The Morgan fingerprint density at radius 3 is 2.57 bits per heavy atom. The number of carbonyl (C=O) groups excluding carboxylic acids is 1. The summed E-state index contributed by atoms with van der Waals surface area (Å²) in [4.78, 5) is 33.4. The Morgan fingerprint density at radius 1 is 1.23 bits per heavy atom. The number of nitrogens with zero attached hydrogens (tertiary/aromatic N) is 3. The maximum atomic E-state index is 13.2. The van der Waals surface area contributed by atoms with Crippen molar-refractivity contribution in [2.24, 2.45) is 13.0 Å². The minimum absolute atomic E-state index is 0.0558. The van der Waals surface area contributed by atoms with E-state index in [1.165, 1.54) is 26.4 Å². The minimum atomic E-state index is -1.18. The Balaban J connectivity index is 1.70. The molecule has 188 valence electrons. The summed E-state index contributed by atoms with van der Waals surface area (Å²) in [6.07, 6.45) is 9.57. The SMILES string of the molecule is COCC(C)(C(=O)O)c1ccc2nc([C@@H](NC(=O)c3ccnn3C)C3CCCCCCC3)[nH]c2c1. The molecule has 0 aliphatic heterocycles. The molecule has 4 rings (SSSR count). The van der Waals surface area contributed by atoms with Crippen LogP contribution in [0.3, 0.4) is 0 Å². The van der Waals surface area contributed by atoms with Gasteiger partial charge in [-0.2, -0.15) is 5.10 Å². The fourth-order valence-electron chi connectivity index (χ4n) is 5.12.